The van der Waals surface area contributed by atoms with Gasteiger partial charge >= 0.3 is 0 Å². The maximum absolute atomic E-state index is 5.97. The van der Waals surface area contributed by atoms with Crippen LogP contribution in [0.5, 0.6) is 0 Å². The summed E-state index contributed by atoms with van der Waals surface area (Å²) in [5.41, 5.74) is 0. The predicted octanol–water partition coefficient (Wildman–Crippen LogP) is 2.39. The molecule has 0 spiro atoms. The molecule has 1 saturated carbocycles. The first-order chi connectivity index (χ1) is 12.7. The first-order valence-corrected chi connectivity index (χ1v) is 10.6. The molecule has 1 saturated heterocycles. The quantitative estimate of drug-likeness (QED) is 0.372. The second-order valence-electron chi connectivity index (χ2n) is 7.78. The number of hydrogen-bond donors (Lipinski definition) is 2. The van der Waals surface area contributed by atoms with Crippen molar-refractivity contribution in [2.75, 3.05) is 46.4 Å². The summed E-state index contributed by atoms with van der Waals surface area (Å²) in [6.45, 7) is 10.2. The van der Waals surface area contributed by atoms with E-state index in [9.17, 15) is 0 Å². The molecular formula is C20H40N4O2. The number of nitrogens with zero attached hydrogens (tertiary/aromatic N) is 2. The van der Waals surface area contributed by atoms with Crippen LogP contribution >= 0.6 is 0 Å². The van der Waals surface area contributed by atoms with Gasteiger partial charge < -0.3 is 20.1 Å². The Labute approximate surface area is 160 Å². The van der Waals surface area contributed by atoms with Gasteiger partial charge in [-0.15, -0.1) is 0 Å². The van der Waals surface area contributed by atoms with Crippen molar-refractivity contribution in [3.8, 4) is 0 Å². The van der Waals surface area contributed by atoms with Crippen LogP contribution < -0.4 is 10.6 Å². The van der Waals surface area contributed by atoms with Crippen molar-refractivity contribution in [2.24, 2.45) is 4.99 Å². The highest BCUT2D eigenvalue weighted by Gasteiger charge is 2.21. The Hall–Kier alpha value is -0.850. The third-order valence-corrected chi connectivity index (χ3v) is 5.18. The van der Waals surface area contributed by atoms with Crippen LogP contribution in [0, 0.1) is 0 Å². The molecule has 2 aliphatic rings. The zero-order valence-corrected chi connectivity index (χ0v) is 17.1. The average Bonchev–Trinajstić information content (AvgIpc) is 2.63. The number of morpholine rings is 1. The van der Waals surface area contributed by atoms with E-state index in [0.29, 0.717) is 18.3 Å². The lowest BCUT2D eigenvalue weighted by Gasteiger charge is -2.35. The number of hydrogen-bond acceptors (Lipinski definition) is 4. The molecule has 2 atom stereocenters. The SMILES string of the molecule is CN=C(NCCCOC1CCCCC1)NCCCN1CC(C)OC(C)C1. The lowest BCUT2D eigenvalue weighted by atomic mass is 9.98. The normalized spacial score (nSPS) is 26.0. The van der Waals surface area contributed by atoms with E-state index in [1.165, 1.54) is 32.1 Å². The fourth-order valence-electron chi connectivity index (χ4n) is 3.96. The van der Waals surface area contributed by atoms with Crippen molar-refractivity contribution in [2.45, 2.75) is 77.1 Å². The van der Waals surface area contributed by atoms with Gasteiger partial charge in [-0.2, -0.15) is 0 Å². The van der Waals surface area contributed by atoms with Gasteiger partial charge in [0.15, 0.2) is 5.96 Å². The van der Waals surface area contributed by atoms with Crippen molar-refractivity contribution >= 4 is 5.96 Å². The Bertz CT molecular complexity index is 389. The third-order valence-electron chi connectivity index (χ3n) is 5.18. The van der Waals surface area contributed by atoms with Crippen LogP contribution in [0.15, 0.2) is 4.99 Å². The Morgan fingerprint density at radius 1 is 1.04 bits per heavy atom. The minimum absolute atomic E-state index is 0.344. The van der Waals surface area contributed by atoms with Crippen molar-refractivity contribution < 1.29 is 9.47 Å². The molecule has 26 heavy (non-hydrogen) atoms. The van der Waals surface area contributed by atoms with E-state index in [4.69, 9.17) is 9.47 Å². The van der Waals surface area contributed by atoms with Gasteiger partial charge in [-0.25, -0.2) is 0 Å². The molecule has 0 aromatic rings. The van der Waals surface area contributed by atoms with Crippen molar-refractivity contribution in [1.29, 1.82) is 0 Å². The Balaban J connectivity index is 1.47. The summed E-state index contributed by atoms with van der Waals surface area (Å²) < 4.78 is 11.7. The van der Waals surface area contributed by atoms with Crippen LogP contribution in [-0.4, -0.2) is 75.5 Å². The number of rotatable bonds is 9. The molecule has 0 radical (unpaired) electrons. The average molecular weight is 369 g/mol. The maximum Gasteiger partial charge on any atom is 0.190 e. The zero-order valence-electron chi connectivity index (χ0n) is 17.1. The van der Waals surface area contributed by atoms with Gasteiger partial charge in [0.25, 0.3) is 0 Å². The molecule has 0 aromatic carbocycles. The fraction of sp³-hybridized carbons (Fsp3) is 0.950. The Morgan fingerprint density at radius 3 is 2.35 bits per heavy atom. The molecule has 2 unspecified atom stereocenters. The lowest BCUT2D eigenvalue weighted by Crippen LogP contribution is -2.46. The summed E-state index contributed by atoms with van der Waals surface area (Å²) in [6, 6.07) is 0. The van der Waals surface area contributed by atoms with Crippen LogP contribution in [0.1, 0.15) is 58.8 Å². The van der Waals surface area contributed by atoms with E-state index in [-0.39, 0.29) is 0 Å². The van der Waals surface area contributed by atoms with E-state index in [0.717, 1.165) is 58.1 Å². The summed E-state index contributed by atoms with van der Waals surface area (Å²) in [6.07, 6.45) is 9.89. The molecule has 1 aliphatic carbocycles. The monoisotopic (exact) mass is 368 g/mol. The summed E-state index contributed by atoms with van der Waals surface area (Å²) in [5, 5.41) is 6.80. The molecule has 2 fully saturated rings. The van der Waals surface area contributed by atoms with Crippen molar-refractivity contribution in [1.82, 2.24) is 15.5 Å². The van der Waals surface area contributed by atoms with Crippen LogP contribution in [0.4, 0.5) is 0 Å². The molecule has 0 aromatic heterocycles. The van der Waals surface area contributed by atoms with Gasteiger partial charge in [0.1, 0.15) is 0 Å². The Morgan fingerprint density at radius 2 is 1.69 bits per heavy atom. The number of aliphatic imine (C=N–C) groups is 1. The molecule has 1 aliphatic heterocycles. The predicted molar refractivity (Wildman–Crippen MR) is 108 cm³/mol. The smallest absolute Gasteiger partial charge is 0.190 e. The van der Waals surface area contributed by atoms with Gasteiger partial charge in [-0.3, -0.25) is 9.89 Å². The van der Waals surface area contributed by atoms with Crippen LogP contribution in [0.25, 0.3) is 0 Å². The summed E-state index contributed by atoms with van der Waals surface area (Å²) in [7, 11) is 1.83. The molecular weight excluding hydrogens is 328 g/mol. The summed E-state index contributed by atoms with van der Waals surface area (Å²) >= 11 is 0. The van der Waals surface area contributed by atoms with Crippen molar-refractivity contribution in [3.05, 3.63) is 0 Å². The highest BCUT2D eigenvalue weighted by atomic mass is 16.5. The van der Waals surface area contributed by atoms with Crippen LogP contribution in [0.3, 0.4) is 0 Å². The van der Waals surface area contributed by atoms with Gasteiger partial charge in [0, 0.05) is 46.4 Å². The number of guanidine groups is 1. The minimum Gasteiger partial charge on any atom is -0.378 e. The summed E-state index contributed by atoms with van der Waals surface area (Å²) in [4.78, 5) is 6.80. The molecule has 6 heteroatoms. The zero-order chi connectivity index (χ0) is 18.6. The van der Waals surface area contributed by atoms with E-state index >= 15 is 0 Å². The van der Waals surface area contributed by atoms with Crippen LogP contribution in [-0.2, 0) is 9.47 Å². The second-order valence-corrected chi connectivity index (χ2v) is 7.78. The van der Waals surface area contributed by atoms with E-state index in [1.807, 2.05) is 7.05 Å². The minimum atomic E-state index is 0.344. The lowest BCUT2D eigenvalue weighted by molar-refractivity contribution is -0.0679. The summed E-state index contributed by atoms with van der Waals surface area (Å²) in [5.74, 6) is 0.895. The first-order valence-electron chi connectivity index (χ1n) is 10.6. The maximum atomic E-state index is 5.97. The highest BCUT2D eigenvalue weighted by Crippen LogP contribution is 2.20. The van der Waals surface area contributed by atoms with E-state index in [2.05, 4.69) is 34.4 Å². The highest BCUT2D eigenvalue weighted by molar-refractivity contribution is 5.79. The second kappa shape index (κ2) is 12.5. The molecule has 2 N–H and O–H groups in total. The molecule has 1 heterocycles. The van der Waals surface area contributed by atoms with E-state index < -0.39 is 0 Å². The van der Waals surface area contributed by atoms with Gasteiger partial charge in [0.2, 0.25) is 0 Å². The molecule has 6 nitrogen and oxygen atoms in total. The van der Waals surface area contributed by atoms with Gasteiger partial charge in [0.05, 0.1) is 18.3 Å². The molecule has 152 valence electrons. The van der Waals surface area contributed by atoms with Gasteiger partial charge in [-0.05, 0) is 39.5 Å². The molecule has 0 bridgehead atoms. The first kappa shape index (κ1) is 21.5. The molecule has 2 rings (SSSR count). The number of nitrogens with one attached hydrogen (secondary N) is 2. The topological polar surface area (TPSA) is 58.1 Å². The largest absolute Gasteiger partial charge is 0.378 e. The Kier molecular flexibility index (Phi) is 10.3. The molecule has 0 amide bonds. The fourth-order valence-corrected chi connectivity index (χ4v) is 3.96. The van der Waals surface area contributed by atoms with Crippen molar-refractivity contribution in [3.63, 3.8) is 0 Å². The third kappa shape index (κ3) is 8.69. The van der Waals surface area contributed by atoms with E-state index in [1.54, 1.807) is 0 Å². The van der Waals surface area contributed by atoms with Gasteiger partial charge in [-0.1, -0.05) is 19.3 Å². The number of ether oxygens (including phenoxy) is 2. The van der Waals surface area contributed by atoms with Crippen LogP contribution in [0.2, 0.25) is 0 Å². The standard InChI is InChI=1S/C20H40N4O2/c1-17-15-24(16-18(2)26-17)13-7-11-22-20(21-3)23-12-8-14-25-19-9-5-4-6-10-19/h17-19H,4-16H2,1-3H3,(H2,21,22,23).